The Kier molecular flexibility index (Phi) is 21.2. The van der Waals surface area contributed by atoms with E-state index in [9.17, 15) is 29.4 Å². The van der Waals surface area contributed by atoms with Gasteiger partial charge in [0, 0.05) is 112 Å². The van der Waals surface area contributed by atoms with Crippen molar-refractivity contribution in [2.45, 2.75) is 73.4 Å². The molecule has 3 amide bonds. The molecule has 0 fully saturated rings. The van der Waals surface area contributed by atoms with E-state index in [2.05, 4.69) is 60.8 Å². The van der Waals surface area contributed by atoms with E-state index in [-0.39, 0.29) is 29.2 Å². The van der Waals surface area contributed by atoms with Gasteiger partial charge in [-0.25, -0.2) is 15.0 Å². The van der Waals surface area contributed by atoms with Crippen molar-refractivity contribution in [3.8, 4) is 0 Å². The number of hydrogen-bond donors (Lipinski definition) is 8. The maximum atomic E-state index is 13.0. The molecule has 0 saturated heterocycles. The molecular weight excluding hydrogens is 1280 g/mol. The first kappa shape index (κ1) is 67.9. The van der Waals surface area contributed by atoms with E-state index in [1.807, 2.05) is 65.8 Å². The fraction of sp³-hybridized carbons (Fsp3) is 0.153. The monoisotopic (exact) mass is 1340 g/mol. The highest BCUT2D eigenvalue weighted by Gasteiger charge is 2.21. The molecule has 96 heavy (non-hydrogen) atoms. The van der Waals surface area contributed by atoms with Crippen molar-refractivity contribution < 1.29 is 29.4 Å². The average Bonchev–Trinajstić information content (AvgIpc) is 0.865. The van der Waals surface area contributed by atoms with Gasteiger partial charge in [0.1, 0.15) is 35.4 Å². The molecule has 9 aromatic heterocycles. The number of amides is 3. The van der Waals surface area contributed by atoms with E-state index in [0.717, 1.165) is 83.2 Å². The molecule has 2 atom stereocenters. The van der Waals surface area contributed by atoms with Crippen LogP contribution in [0.15, 0.2) is 165 Å². The predicted octanol–water partition coefficient (Wildman–Crippen LogP) is 11.8. The Labute approximate surface area is 566 Å². The van der Waals surface area contributed by atoms with E-state index in [4.69, 9.17) is 52.0 Å². The van der Waals surface area contributed by atoms with Crippen LogP contribution in [0.4, 0.5) is 17.5 Å². The van der Waals surface area contributed by atoms with Gasteiger partial charge in [-0.2, -0.15) is 0 Å². The summed E-state index contributed by atoms with van der Waals surface area (Å²) in [6.45, 7) is 12.3. The van der Waals surface area contributed by atoms with Crippen molar-refractivity contribution in [2.75, 3.05) is 17.2 Å². The van der Waals surface area contributed by atoms with Crippen LogP contribution in [0.1, 0.15) is 132 Å². The minimum absolute atomic E-state index is 0.175. The number of nitrogens with two attached hydrogens (primary N) is 3. The summed E-state index contributed by atoms with van der Waals surface area (Å²) >= 11 is 18.1. The van der Waals surface area contributed by atoms with Crippen molar-refractivity contribution in [1.29, 1.82) is 0 Å². The third-order valence-electron chi connectivity index (χ3n) is 15.8. The van der Waals surface area contributed by atoms with E-state index in [1.165, 1.54) is 24.7 Å². The molecule has 0 aliphatic heterocycles. The Bertz CT molecular complexity index is 4730. The second-order valence-electron chi connectivity index (χ2n) is 22.6. The molecule has 21 nitrogen and oxygen atoms in total. The number of pyridine rings is 9. The number of benzene rings is 3. The Morgan fingerprint density at radius 1 is 0.406 bits per heavy atom. The van der Waals surface area contributed by atoms with Crippen LogP contribution in [0.5, 0.6) is 0 Å². The van der Waals surface area contributed by atoms with Gasteiger partial charge in [-0.05, 0) is 201 Å². The van der Waals surface area contributed by atoms with Crippen molar-refractivity contribution in [3.05, 3.63) is 281 Å². The van der Waals surface area contributed by atoms with Crippen LogP contribution in [0.3, 0.4) is 0 Å². The number of carbonyl (C=O) groups is 4. The van der Waals surface area contributed by atoms with Gasteiger partial charge in [-0.1, -0.05) is 46.9 Å². The highest BCUT2D eigenvalue weighted by atomic mass is 35.5. The Balaban J connectivity index is 0.000000157. The molecule has 2 unspecified atom stereocenters. The quantitative estimate of drug-likeness (QED) is 0.0442. The molecule has 0 radical (unpaired) electrons. The second kappa shape index (κ2) is 30.0. The SMILES string of the molecule is Cc1cc(N)nc(C)c1CNC(=O)c1ccnc(C(=O)c2ccc3ncc(Cl)cc3c2)c1.Cc1cc(N)nc(C)c1CNC(=O)c1ccnc(C(O)c2ccc3ncc(Cl)cc3c2)c1.Cc1cc(N)nc(C)c1CNC(=O)c1ccnc(C(O)c2ccc3ncc(Cl)cc3c2)c1. The number of aryl methyl sites for hydroxylation is 6. The highest BCUT2D eigenvalue weighted by molar-refractivity contribution is 6.31. The summed E-state index contributed by atoms with van der Waals surface area (Å²) < 4.78 is 0. The number of carbonyl (C=O) groups excluding carboxylic acids is 4. The molecule has 11 N–H and O–H groups in total. The lowest BCUT2D eigenvalue weighted by atomic mass is 10.0. The average molecular weight is 1340 g/mol. The van der Waals surface area contributed by atoms with E-state index >= 15 is 0 Å². The number of hydrogen-bond acceptors (Lipinski definition) is 18. The molecule has 3 aromatic carbocycles. The van der Waals surface area contributed by atoms with Gasteiger partial charge >= 0.3 is 0 Å². The largest absolute Gasteiger partial charge is 0.384 e. The fourth-order valence-electron chi connectivity index (χ4n) is 10.8. The smallest absolute Gasteiger partial charge is 0.251 e. The molecule has 24 heteroatoms. The number of nitrogens with zero attached hydrogens (tertiary/aromatic N) is 9. The zero-order valence-electron chi connectivity index (χ0n) is 52.8. The number of anilines is 3. The van der Waals surface area contributed by atoms with Crippen molar-refractivity contribution in [2.24, 2.45) is 0 Å². The number of ketones is 1. The van der Waals surface area contributed by atoms with Gasteiger partial charge in [0.05, 0.1) is 43.0 Å². The van der Waals surface area contributed by atoms with Crippen LogP contribution in [-0.4, -0.2) is 78.6 Å². The Morgan fingerprint density at radius 3 is 1.12 bits per heavy atom. The normalized spacial score (nSPS) is 11.6. The summed E-state index contributed by atoms with van der Waals surface area (Å²) in [7, 11) is 0. The van der Waals surface area contributed by atoms with Crippen LogP contribution >= 0.6 is 34.8 Å². The molecule has 0 spiro atoms. The van der Waals surface area contributed by atoms with Crippen molar-refractivity contribution in [1.82, 2.24) is 60.8 Å². The minimum Gasteiger partial charge on any atom is -0.384 e. The molecule has 484 valence electrons. The highest BCUT2D eigenvalue weighted by Crippen LogP contribution is 2.29. The maximum Gasteiger partial charge on any atom is 0.251 e. The number of nitrogens with one attached hydrogen (secondary N) is 3. The summed E-state index contributed by atoms with van der Waals surface area (Å²) in [5, 5.41) is 34.3. The van der Waals surface area contributed by atoms with Crippen LogP contribution in [0.25, 0.3) is 32.7 Å². The van der Waals surface area contributed by atoms with Crippen LogP contribution in [-0.2, 0) is 19.6 Å². The summed E-state index contributed by atoms with van der Waals surface area (Å²) in [6, 6.07) is 36.0. The molecule has 0 aliphatic rings. The standard InChI is InChI=1S/2C24H22ClN5O2.C24H20ClN5O2/c3*1-13-7-22(26)30-14(2)19(13)12-29-24(32)16-5-6-27-21(10-16)23(31)15-3-4-20-17(8-15)9-18(25)11-28-20/h2*3-11,23,31H,12H2,1-2H3,(H2,26,30)(H,29,32);3-11H,12H2,1-2H3,(H2,26,30)(H,29,32). The first-order valence-corrected chi connectivity index (χ1v) is 31.1. The predicted molar refractivity (Wildman–Crippen MR) is 372 cm³/mol. The van der Waals surface area contributed by atoms with Crippen molar-refractivity contribution in [3.63, 3.8) is 0 Å². The van der Waals surface area contributed by atoms with Gasteiger partial charge in [-0.3, -0.25) is 49.1 Å². The van der Waals surface area contributed by atoms with Crippen LogP contribution < -0.4 is 33.2 Å². The molecule has 9 heterocycles. The second-order valence-corrected chi connectivity index (χ2v) is 23.9. The number of aromatic nitrogens is 9. The number of nitrogen functional groups attached to an aromatic ring is 3. The third-order valence-corrected chi connectivity index (χ3v) is 16.4. The summed E-state index contributed by atoms with van der Waals surface area (Å²) in [4.78, 5) is 89.4. The maximum absolute atomic E-state index is 13.0. The first-order chi connectivity index (χ1) is 45.9. The zero-order chi connectivity index (χ0) is 68.5. The first-order valence-electron chi connectivity index (χ1n) is 29.9. The lowest BCUT2D eigenvalue weighted by molar-refractivity contribution is 0.0942. The summed E-state index contributed by atoms with van der Waals surface area (Å²) in [5.41, 5.74) is 31.3. The Hall–Kier alpha value is -10.9. The number of rotatable bonds is 15. The molecule has 0 saturated carbocycles. The van der Waals surface area contributed by atoms with Crippen LogP contribution in [0.2, 0.25) is 15.1 Å². The van der Waals surface area contributed by atoms with E-state index in [1.54, 1.807) is 116 Å². The van der Waals surface area contributed by atoms with Crippen LogP contribution in [0, 0.1) is 41.5 Å². The topological polar surface area (TPSA) is 339 Å². The number of aliphatic hydroxyl groups excluding tert-OH is 2. The summed E-state index contributed by atoms with van der Waals surface area (Å²) in [6.07, 6.45) is 7.16. The fourth-order valence-corrected chi connectivity index (χ4v) is 11.3. The Morgan fingerprint density at radius 2 is 0.750 bits per heavy atom. The molecular formula is C72H64Cl3N15O6. The molecule has 0 bridgehead atoms. The van der Waals surface area contributed by atoms with E-state index in [0.29, 0.717) is 96.9 Å². The third kappa shape index (κ3) is 16.5. The lowest BCUT2D eigenvalue weighted by Gasteiger charge is -2.14. The van der Waals surface area contributed by atoms with E-state index < -0.39 is 12.2 Å². The minimum atomic E-state index is -1.00. The van der Waals surface area contributed by atoms with Crippen molar-refractivity contribution >= 4 is 108 Å². The number of halogens is 3. The van der Waals surface area contributed by atoms with Gasteiger partial charge in [0.15, 0.2) is 0 Å². The zero-order valence-corrected chi connectivity index (χ0v) is 55.1. The van der Waals surface area contributed by atoms with Gasteiger partial charge < -0.3 is 43.4 Å². The molecule has 12 aromatic rings. The molecule has 0 aliphatic carbocycles. The van der Waals surface area contributed by atoms with Gasteiger partial charge in [0.25, 0.3) is 17.7 Å². The molecule has 12 rings (SSSR count). The van der Waals surface area contributed by atoms with Gasteiger partial charge in [0.2, 0.25) is 5.78 Å². The van der Waals surface area contributed by atoms with Gasteiger partial charge in [-0.15, -0.1) is 0 Å². The number of fused-ring (bicyclic) bond motifs is 3. The number of aliphatic hydroxyl groups is 2. The summed E-state index contributed by atoms with van der Waals surface area (Å²) in [5.74, 6) is 0.197. The lowest BCUT2D eigenvalue weighted by Crippen LogP contribution is -2.24.